The molecule has 5 heteroatoms. The molecule has 0 aliphatic carbocycles. The van der Waals surface area contributed by atoms with Crippen LogP contribution in [0.2, 0.25) is 5.02 Å². The minimum atomic E-state index is -0.596. The van der Waals surface area contributed by atoms with Gasteiger partial charge in [-0.25, -0.2) is 0 Å². The lowest BCUT2D eigenvalue weighted by Gasteiger charge is -2.06. The van der Waals surface area contributed by atoms with Gasteiger partial charge in [0.05, 0.1) is 5.56 Å². The summed E-state index contributed by atoms with van der Waals surface area (Å²) in [7, 11) is 0. The van der Waals surface area contributed by atoms with E-state index >= 15 is 0 Å². The number of amides is 1. The highest BCUT2D eigenvalue weighted by atomic mass is 35.5. The van der Waals surface area contributed by atoms with E-state index in [0.717, 1.165) is 5.52 Å². The van der Waals surface area contributed by atoms with E-state index in [2.05, 4.69) is 10.3 Å². The van der Waals surface area contributed by atoms with E-state index < -0.39 is 11.7 Å². The first-order valence-electron chi connectivity index (χ1n) is 5.61. The fourth-order valence-electron chi connectivity index (χ4n) is 1.74. The SMILES string of the molecule is CC(C)NC(=O)C(=O)c1c[nH]c2cc(Cl)ccc12. The van der Waals surface area contributed by atoms with Crippen LogP contribution in [0.15, 0.2) is 24.4 Å². The van der Waals surface area contributed by atoms with Crippen molar-refractivity contribution >= 4 is 34.2 Å². The van der Waals surface area contributed by atoms with Crippen molar-refractivity contribution in [2.75, 3.05) is 0 Å². The predicted molar refractivity (Wildman–Crippen MR) is 70.9 cm³/mol. The Bertz CT molecular complexity index is 616. The van der Waals surface area contributed by atoms with Gasteiger partial charge in [0.2, 0.25) is 0 Å². The lowest BCUT2D eigenvalue weighted by Crippen LogP contribution is -2.35. The number of hydrogen-bond donors (Lipinski definition) is 2. The summed E-state index contributed by atoms with van der Waals surface area (Å²) in [5, 5.41) is 3.85. The highest BCUT2D eigenvalue weighted by Gasteiger charge is 2.20. The number of H-pyrrole nitrogens is 1. The summed E-state index contributed by atoms with van der Waals surface area (Å²) in [5.41, 5.74) is 1.10. The molecule has 0 unspecified atom stereocenters. The third-order valence-electron chi connectivity index (χ3n) is 2.51. The minimum Gasteiger partial charge on any atom is -0.360 e. The Kier molecular flexibility index (Phi) is 3.39. The van der Waals surface area contributed by atoms with E-state index in [0.29, 0.717) is 16.0 Å². The number of rotatable bonds is 3. The first-order chi connectivity index (χ1) is 8.49. The molecule has 2 rings (SSSR count). The molecule has 1 amide bonds. The van der Waals surface area contributed by atoms with Crippen molar-refractivity contribution < 1.29 is 9.59 Å². The van der Waals surface area contributed by atoms with Gasteiger partial charge in [0, 0.05) is 28.2 Å². The molecule has 0 aliphatic rings. The van der Waals surface area contributed by atoms with Crippen LogP contribution in [0.25, 0.3) is 10.9 Å². The molecule has 1 aromatic heterocycles. The topological polar surface area (TPSA) is 62.0 Å². The first kappa shape index (κ1) is 12.6. The van der Waals surface area contributed by atoms with Crippen molar-refractivity contribution in [3.63, 3.8) is 0 Å². The summed E-state index contributed by atoms with van der Waals surface area (Å²) in [6.45, 7) is 3.61. The number of carbonyl (C=O) groups is 2. The second kappa shape index (κ2) is 4.82. The fraction of sp³-hybridized carbons (Fsp3) is 0.231. The van der Waals surface area contributed by atoms with E-state index in [9.17, 15) is 9.59 Å². The molecule has 0 bridgehead atoms. The molecule has 0 aliphatic heterocycles. The van der Waals surface area contributed by atoms with Gasteiger partial charge in [-0.3, -0.25) is 9.59 Å². The van der Waals surface area contributed by atoms with E-state index in [1.807, 2.05) is 0 Å². The second-order valence-electron chi connectivity index (χ2n) is 4.35. The van der Waals surface area contributed by atoms with Crippen LogP contribution in [-0.4, -0.2) is 22.7 Å². The first-order valence-corrected chi connectivity index (χ1v) is 5.98. The Hall–Kier alpha value is -1.81. The van der Waals surface area contributed by atoms with Gasteiger partial charge in [-0.15, -0.1) is 0 Å². The maximum Gasteiger partial charge on any atom is 0.292 e. The Balaban J connectivity index is 2.37. The zero-order valence-electron chi connectivity index (χ0n) is 10.1. The maximum atomic E-state index is 12.0. The Morgan fingerprint density at radius 3 is 2.72 bits per heavy atom. The quantitative estimate of drug-likeness (QED) is 0.661. The van der Waals surface area contributed by atoms with Crippen molar-refractivity contribution in [3.8, 4) is 0 Å². The van der Waals surface area contributed by atoms with Gasteiger partial charge in [-0.1, -0.05) is 17.7 Å². The lowest BCUT2D eigenvalue weighted by atomic mass is 10.1. The number of aromatic amines is 1. The standard InChI is InChI=1S/C13H13ClN2O2/c1-7(2)16-13(18)12(17)10-6-15-11-5-8(14)3-4-9(10)11/h3-7,15H,1-2H3,(H,16,18). The highest BCUT2D eigenvalue weighted by molar-refractivity contribution is 6.45. The number of nitrogens with one attached hydrogen (secondary N) is 2. The minimum absolute atomic E-state index is 0.0684. The Morgan fingerprint density at radius 2 is 2.06 bits per heavy atom. The number of halogens is 1. The highest BCUT2D eigenvalue weighted by Crippen LogP contribution is 2.22. The molecule has 2 aromatic rings. The van der Waals surface area contributed by atoms with Crippen LogP contribution >= 0.6 is 11.6 Å². The molecule has 94 valence electrons. The molecule has 0 fully saturated rings. The average Bonchev–Trinajstić information content (AvgIpc) is 2.69. The number of aromatic nitrogens is 1. The van der Waals surface area contributed by atoms with E-state index in [4.69, 9.17) is 11.6 Å². The summed E-state index contributed by atoms with van der Waals surface area (Å²) in [6, 6.07) is 5.06. The van der Waals surface area contributed by atoms with Gasteiger partial charge in [-0.05, 0) is 26.0 Å². The predicted octanol–water partition coefficient (Wildman–Crippen LogP) is 2.53. The fourth-order valence-corrected chi connectivity index (χ4v) is 1.91. The molecular weight excluding hydrogens is 252 g/mol. The Labute approximate surface area is 109 Å². The molecular formula is C13H13ClN2O2. The zero-order valence-corrected chi connectivity index (χ0v) is 10.8. The Morgan fingerprint density at radius 1 is 1.33 bits per heavy atom. The van der Waals surface area contributed by atoms with Crippen LogP contribution in [0.3, 0.4) is 0 Å². The molecule has 0 radical (unpaired) electrons. The van der Waals surface area contributed by atoms with Crippen LogP contribution in [-0.2, 0) is 4.79 Å². The van der Waals surface area contributed by atoms with Crippen LogP contribution < -0.4 is 5.32 Å². The number of ketones is 1. The molecule has 18 heavy (non-hydrogen) atoms. The summed E-state index contributed by atoms with van der Waals surface area (Å²) < 4.78 is 0. The number of carbonyl (C=O) groups excluding carboxylic acids is 2. The van der Waals surface area contributed by atoms with Crippen molar-refractivity contribution in [2.24, 2.45) is 0 Å². The van der Waals surface area contributed by atoms with Crippen molar-refractivity contribution in [1.82, 2.24) is 10.3 Å². The lowest BCUT2D eigenvalue weighted by molar-refractivity contribution is -0.117. The van der Waals surface area contributed by atoms with Crippen LogP contribution in [0.1, 0.15) is 24.2 Å². The van der Waals surface area contributed by atoms with Crippen molar-refractivity contribution in [2.45, 2.75) is 19.9 Å². The number of fused-ring (bicyclic) bond motifs is 1. The molecule has 0 saturated carbocycles. The molecule has 4 nitrogen and oxygen atoms in total. The summed E-state index contributed by atoms with van der Waals surface area (Å²) in [5.74, 6) is -1.14. The third-order valence-corrected chi connectivity index (χ3v) is 2.75. The van der Waals surface area contributed by atoms with Gasteiger partial charge in [-0.2, -0.15) is 0 Å². The van der Waals surface area contributed by atoms with Gasteiger partial charge >= 0.3 is 0 Å². The zero-order chi connectivity index (χ0) is 13.3. The van der Waals surface area contributed by atoms with E-state index in [1.165, 1.54) is 6.20 Å². The molecule has 0 saturated heterocycles. The molecule has 0 spiro atoms. The van der Waals surface area contributed by atoms with Crippen LogP contribution in [0.4, 0.5) is 0 Å². The van der Waals surface area contributed by atoms with Crippen molar-refractivity contribution in [3.05, 3.63) is 35.0 Å². The number of benzene rings is 1. The average molecular weight is 265 g/mol. The van der Waals surface area contributed by atoms with E-state index in [-0.39, 0.29) is 6.04 Å². The summed E-state index contributed by atoms with van der Waals surface area (Å²) in [4.78, 5) is 26.6. The van der Waals surface area contributed by atoms with Crippen molar-refractivity contribution in [1.29, 1.82) is 0 Å². The smallest absolute Gasteiger partial charge is 0.292 e. The largest absolute Gasteiger partial charge is 0.360 e. The summed E-state index contributed by atoms with van der Waals surface area (Å²) >= 11 is 5.85. The van der Waals surface area contributed by atoms with Gasteiger partial charge in [0.1, 0.15) is 0 Å². The molecule has 2 N–H and O–H groups in total. The van der Waals surface area contributed by atoms with Crippen LogP contribution in [0, 0.1) is 0 Å². The number of hydrogen-bond acceptors (Lipinski definition) is 2. The maximum absolute atomic E-state index is 12.0. The number of Topliss-reactive ketones (excluding diaryl/α,β-unsaturated/α-hetero) is 1. The third kappa shape index (κ3) is 2.38. The van der Waals surface area contributed by atoms with Gasteiger partial charge < -0.3 is 10.3 Å². The van der Waals surface area contributed by atoms with E-state index in [1.54, 1.807) is 32.0 Å². The normalized spacial score (nSPS) is 10.9. The van der Waals surface area contributed by atoms with Gasteiger partial charge in [0.25, 0.3) is 11.7 Å². The second-order valence-corrected chi connectivity index (χ2v) is 4.79. The van der Waals surface area contributed by atoms with Crippen LogP contribution in [0.5, 0.6) is 0 Å². The molecule has 1 heterocycles. The summed E-state index contributed by atoms with van der Waals surface area (Å²) in [6.07, 6.45) is 1.53. The molecule has 1 aromatic carbocycles. The monoisotopic (exact) mass is 264 g/mol. The molecule has 0 atom stereocenters. The van der Waals surface area contributed by atoms with Gasteiger partial charge in [0.15, 0.2) is 0 Å².